The molecule has 0 bridgehead atoms. The van der Waals surface area contributed by atoms with Crippen molar-refractivity contribution in [2.75, 3.05) is 4.90 Å². The van der Waals surface area contributed by atoms with Gasteiger partial charge in [-0.3, -0.25) is 14.9 Å². The normalized spacial score (nSPS) is 14.9. The number of carbonyl (C=O) groups is 1. The lowest BCUT2D eigenvalue weighted by Crippen LogP contribution is -2.33. The van der Waals surface area contributed by atoms with Crippen molar-refractivity contribution < 1.29 is 4.79 Å². The number of aromatic amines is 1. The molecule has 0 fully saturated rings. The van der Waals surface area contributed by atoms with E-state index in [1.165, 1.54) is 0 Å². The number of hydrogen-bond acceptors (Lipinski definition) is 4. The van der Waals surface area contributed by atoms with Crippen LogP contribution in [-0.4, -0.2) is 28.2 Å². The fraction of sp³-hybridized carbons (Fsp3) is 0.0370. The molecule has 0 spiro atoms. The van der Waals surface area contributed by atoms with Gasteiger partial charge in [-0.2, -0.15) is 5.10 Å². The predicted molar refractivity (Wildman–Crippen MR) is 132 cm³/mol. The SMILES string of the molecule is Cc1[nH]nc(N2C(=O)/C(=C/c3ccccc3)N=C2c2ccccc2)c1C=Nc1ccccc1. The molecule has 0 unspecified atom stereocenters. The maximum absolute atomic E-state index is 13.6. The van der Waals surface area contributed by atoms with E-state index >= 15 is 0 Å². The molecule has 1 aliphatic rings. The second-order valence-corrected chi connectivity index (χ2v) is 7.56. The minimum absolute atomic E-state index is 0.237. The first-order valence-corrected chi connectivity index (χ1v) is 10.6. The molecule has 5 rings (SSSR count). The lowest BCUT2D eigenvalue weighted by atomic mass is 10.1. The number of amidine groups is 1. The van der Waals surface area contributed by atoms with Crippen molar-refractivity contribution in [3.8, 4) is 0 Å². The Kier molecular flexibility index (Phi) is 5.47. The molecule has 6 heteroatoms. The number of aliphatic imine (C=N–C) groups is 2. The van der Waals surface area contributed by atoms with E-state index < -0.39 is 0 Å². The van der Waals surface area contributed by atoms with Crippen LogP contribution in [0.1, 0.15) is 22.4 Å². The van der Waals surface area contributed by atoms with Crippen molar-refractivity contribution in [3.63, 3.8) is 0 Å². The van der Waals surface area contributed by atoms with Gasteiger partial charge < -0.3 is 0 Å². The van der Waals surface area contributed by atoms with E-state index in [-0.39, 0.29) is 5.91 Å². The zero-order chi connectivity index (χ0) is 22.6. The van der Waals surface area contributed by atoms with Gasteiger partial charge in [-0.1, -0.05) is 78.9 Å². The predicted octanol–water partition coefficient (Wildman–Crippen LogP) is 5.30. The molecule has 1 amide bonds. The molecule has 3 aromatic carbocycles. The molecule has 0 saturated heterocycles. The summed E-state index contributed by atoms with van der Waals surface area (Å²) in [4.78, 5) is 24.4. The third-order valence-electron chi connectivity index (χ3n) is 5.28. The zero-order valence-corrected chi connectivity index (χ0v) is 18.0. The molecule has 33 heavy (non-hydrogen) atoms. The van der Waals surface area contributed by atoms with Crippen LogP contribution in [0.5, 0.6) is 0 Å². The summed E-state index contributed by atoms with van der Waals surface area (Å²) in [5.74, 6) is 0.762. The summed E-state index contributed by atoms with van der Waals surface area (Å²) in [6.07, 6.45) is 3.53. The number of carbonyl (C=O) groups excluding carboxylic acids is 1. The van der Waals surface area contributed by atoms with Gasteiger partial charge in [-0.25, -0.2) is 9.89 Å². The Bertz CT molecular complexity index is 1370. The topological polar surface area (TPSA) is 73.7 Å². The highest BCUT2D eigenvalue weighted by Gasteiger charge is 2.35. The van der Waals surface area contributed by atoms with E-state index in [1.54, 1.807) is 17.2 Å². The second kappa shape index (κ2) is 8.88. The third kappa shape index (κ3) is 4.14. The number of benzene rings is 3. The van der Waals surface area contributed by atoms with Gasteiger partial charge in [0, 0.05) is 17.5 Å². The molecule has 0 radical (unpaired) electrons. The maximum Gasteiger partial charge on any atom is 0.284 e. The maximum atomic E-state index is 13.6. The lowest BCUT2D eigenvalue weighted by Gasteiger charge is -2.16. The van der Waals surface area contributed by atoms with Gasteiger partial charge in [-0.05, 0) is 30.7 Å². The van der Waals surface area contributed by atoms with Crippen LogP contribution in [0.15, 0.2) is 107 Å². The summed E-state index contributed by atoms with van der Waals surface area (Å²) in [6.45, 7) is 1.91. The minimum Gasteiger partial charge on any atom is -0.280 e. The van der Waals surface area contributed by atoms with Crippen LogP contribution in [0.25, 0.3) is 6.08 Å². The van der Waals surface area contributed by atoms with E-state index in [9.17, 15) is 4.79 Å². The summed E-state index contributed by atoms with van der Waals surface area (Å²) in [5.41, 5.74) is 4.45. The average molecular weight is 431 g/mol. The molecule has 1 N–H and O–H groups in total. The van der Waals surface area contributed by atoms with Crippen LogP contribution in [-0.2, 0) is 4.79 Å². The highest BCUT2D eigenvalue weighted by Crippen LogP contribution is 2.30. The van der Waals surface area contributed by atoms with Crippen LogP contribution in [0.2, 0.25) is 0 Å². The Hall–Kier alpha value is -4.58. The first-order valence-electron chi connectivity index (χ1n) is 10.6. The van der Waals surface area contributed by atoms with Crippen molar-refractivity contribution in [1.29, 1.82) is 0 Å². The second-order valence-electron chi connectivity index (χ2n) is 7.56. The molecule has 0 atom stereocenters. The Morgan fingerprint density at radius 2 is 1.52 bits per heavy atom. The number of H-pyrrole nitrogens is 1. The number of aryl methyl sites for hydroxylation is 1. The molecular weight excluding hydrogens is 410 g/mol. The van der Waals surface area contributed by atoms with Gasteiger partial charge >= 0.3 is 0 Å². The molecule has 0 saturated carbocycles. The number of nitrogens with one attached hydrogen (secondary N) is 1. The number of anilines is 1. The number of aromatic nitrogens is 2. The van der Waals surface area contributed by atoms with Gasteiger partial charge in [0.1, 0.15) is 11.5 Å². The molecule has 4 aromatic rings. The summed E-state index contributed by atoms with van der Waals surface area (Å²) < 4.78 is 0. The molecule has 160 valence electrons. The highest BCUT2D eigenvalue weighted by atomic mass is 16.2. The number of rotatable bonds is 5. The summed E-state index contributed by atoms with van der Waals surface area (Å²) in [6, 6.07) is 29.0. The van der Waals surface area contributed by atoms with Crippen LogP contribution in [0.4, 0.5) is 11.5 Å². The average Bonchev–Trinajstić information content (AvgIpc) is 3.38. The number of hydrogen-bond donors (Lipinski definition) is 1. The fourth-order valence-corrected chi connectivity index (χ4v) is 3.60. The Balaban J connectivity index is 1.60. The number of amides is 1. The van der Waals surface area contributed by atoms with Crippen molar-refractivity contribution in [2.24, 2.45) is 9.98 Å². The quantitative estimate of drug-likeness (QED) is 0.344. The van der Waals surface area contributed by atoms with Crippen LogP contribution < -0.4 is 4.90 Å². The molecule has 1 aromatic heterocycles. The first-order chi connectivity index (χ1) is 16.2. The number of para-hydroxylation sites is 1. The van der Waals surface area contributed by atoms with E-state index in [0.29, 0.717) is 17.4 Å². The van der Waals surface area contributed by atoms with Gasteiger partial charge in [0.2, 0.25) is 0 Å². The van der Waals surface area contributed by atoms with Gasteiger partial charge in [0.15, 0.2) is 5.82 Å². The molecule has 2 heterocycles. The van der Waals surface area contributed by atoms with E-state index in [2.05, 4.69) is 15.2 Å². The molecule has 1 aliphatic heterocycles. The van der Waals surface area contributed by atoms with Crippen LogP contribution >= 0.6 is 0 Å². The molecule has 6 nitrogen and oxygen atoms in total. The minimum atomic E-state index is -0.237. The zero-order valence-electron chi connectivity index (χ0n) is 18.0. The van der Waals surface area contributed by atoms with Crippen molar-refractivity contribution in [1.82, 2.24) is 10.2 Å². The number of nitrogens with zero attached hydrogens (tertiary/aromatic N) is 4. The Morgan fingerprint density at radius 3 is 2.21 bits per heavy atom. The monoisotopic (exact) mass is 431 g/mol. The van der Waals surface area contributed by atoms with Crippen molar-refractivity contribution in [2.45, 2.75) is 6.92 Å². The standard InChI is InChI=1S/C27H21N5O/c1-19-23(18-28-22-15-9-4-10-16-22)26(31-30-19)32-25(21-13-7-3-8-14-21)29-24(27(32)33)17-20-11-5-2-6-12-20/h2-18H,1H3,(H,30,31)/b24-17-,28-18?. The van der Waals surface area contributed by atoms with Gasteiger partial charge in [-0.15, -0.1) is 0 Å². The van der Waals surface area contributed by atoms with Crippen LogP contribution in [0, 0.1) is 6.92 Å². The highest BCUT2D eigenvalue weighted by molar-refractivity contribution is 6.33. The smallest absolute Gasteiger partial charge is 0.280 e. The van der Waals surface area contributed by atoms with Crippen molar-refractivity contribution in [3.05, 3.63) is 119 Å². The van der Waals surface area contributed by atoms with E-state index in [4.69, 9.17) is 4.99 Å². The summed E-state index contributed by atoms with van der Waals surface area (Å²) in [7, 11) is 0. The third-order valence-corrected chi connectivity index (χ3v) is 5.28. The summed E-state index contributed by atoms with van der Waals surface area (Å²) >= 11 is 0. The molecule has 0 aliphatic carbocycles. The van der Waals surface area contributed by atoms with Crippen LogP contribution in [0.3, 0.4) is 0 Å². The molecular formula is C27H21N5O. The van der Waals surface area contributed by atoms with E-state index in [1.807, 2.05) is 97.9 Å². The summed E-state index contributed by atoms with van der Waals surface area (Å²) in [5, 5.41) is 7.46. The Morgan fingerprint density at radius 1 is 0.879 bits per heavy atom. The first kappa shape index (κ1) is 20.3. The van der Waals surface area contributed by atoms with Gasteiger partial charge in [0.25, 0.3) is 5.91 Å². The van der Waals surface area contributed by atoms with Gasteiger partial charge in [0.05, 0.1) is 11.3 Å². The van der Waals surface area contributed by atoms with Crippen molar-refractivity contribution >= 4 is 35.5 Å². The largest absolute Gasteiger partial charge is 0.284 e. The van der Waals surface area contributed by atoms with E-state index in [0.717, 1.165) is 28.1 Å². The Labute approximate surface area is 191 Å². The lowest BCUT2D eigenvalue weighted by molar-refractivity contribution is -0.113. The fourth-order valence-electron chi connectivity index (χ4n) is 3.60.